The minimum absolute atomic E-state index is 0.248. The molecular weight excluding hydrogens is 350 g/mol. The number of hydrogen-bond acceptors (Lipinski definition) is 5. The Hall–Kier alpha value is -2.86. The van der Waals surface area contributed by atoms with Crippen LogP contribution in [0.5, 0.6) is 5.75 Å². The minimum atomic E-state index is -0.459. The summed E-state index contributed by atoms with van der Waals surface area (Å²) in [6.07, 6.45) is 3.45. The Morgan fingerprint density at radius 2 is 2.00 bits per heavy atom. The number of aryl methyl sites for hydroxylation is 2. The van der Waals surface area contributed by atoms with Crippen molar-refractivity contribution < 1.29 is 19.1 Å². The first-order valence-electron chi connectivity index (χ1n) is 8.29. The van der Waals surface area contributed by atoms with Crippen LogP contribution in [0.3, 0.4) is 0 Å². The van der Waals surface area contributed by atoms with Gasteiger partial charge >= 0.3 is 5.97 Å². The van der Waals surface area contributed by atoms with Gasteiger partial charge in [0.25, 0.3) is 0 Å². The van der Waals surface area contributed by atoms with Crippen molar-refractivity contribution in [3.63, 3.8) is 0 Å². The van der Waals surface area contributed by atoms with E-state index >= 15 is 0 Å². The number of thiophene rings is 1. The molecule has 1 aliphatic rings. The van der Waals surface area contributed by atoms with Crippen molar-refractivity contribution in [2.45, 2.75) is 12.8 Å². The maximum atomic E-state index is 12.4. The molecule has 1 aromatic carbocycles. The van der Waals surface area contributed by atoms with Crippen molar-refractivity contribution in [3.05, 3.63) is 64.3 Å². The van der Waals surface area contributed by atoms with Crippen LogP contribution >= 0.6 is 11.3 Å². The Balaban J connectivity index is 1.52. The number of carbonyl (C=O) groups excluding carboxylic acids is 2. The van der Waals surface area contributed by atoms with Gasteiger partial charge in [-0.05, 0) is 65.9 Å². The fourth-order valence-corrected chi connectivity index (χ4v) is 4.29. The number of benzene rings is 1. The van der Waals surface area contributed by atoms with E-state index < -0.39 is 5.97 Å². The third kappa shape index (κ3) is 3.04. The maximum absolute atomic E-state index is 12.4. The number of H-pyrrole nitrogens is 1. The molecule has 2 aromatic heterocycles. The van der Waals surface area contributed by atoms with E-state index in [2.05, 4.69) is 4.98 Å². The molecule has 2 heterocycles. The molecule has 0 fully saturated rings. The van der Waals surface area contributed by atoms with Crippen LogP contribution in [0.2, 0.25) is 0 Å². The van der Waals surface area contributed by atoms with E-state index in [-0.39, 0.29) is 12.4 Å². The van der Waals surface area contributed by atoms with Crippen molar-refractivity contribution >= 4 is 23.1 Å². The molecule has 132 valence electrons. The summed E-state index contributed by atoms with van der Waals surface area (Å²) in [7, 11) is 1.66. The van der Waals surface area contributed by atoms with E-state index in [1.807, 2.05) is 24.3 Å². The van der Waals surface area contributed by atoms with Crippen LogP contribution < -0.4 is 4.74 Å². The largest absolute Gasteiger partial charge is 0.497 e. The van der Waals surface area contributed by atoms with Crippen LogP contribution in [0.1, 0.15) is 31.3 Å². The molecule has 0 saturated carbocycles. The summed E-state index contributed by atoms with van der Waals surface area (Å²) in [6, 6.07) is 11.3. The van der Waals surface area contributed by atoms with Crippen LogP contribution in [0.4, 0.5) is 0 Å². The topological polar surface area (TPSA) is 68.4 Å². The summed E-state index contributed by atoms with van der Waals surface area (Å²) in [4.78, 5) is 28.7. The van der Waals surface area contributed by atoms with Gasteiger partial charge in [0.05, 0.1) is 12.8 Å². The SMILES string of the molecule is COc1ccc2c(c1)CCc1cc(C(=O)OCC(=O)c3ccc[nH]3)sc1-2. The second-order valence-electron chi connectivity index (χ2n) is 6.07. The Kier molecular flexibility index (Phi) is 4.34. The van der Waals surface area contributed by atoms with Gasteiger partial charge in [-0.2, -0.15) is 0 Å². The van der Waals surface area contributed by atoms with Crippen LogP contribution in [0.15, 0.2) is 42.6 Å². The number of nitrogens with one attached hydrogen (secondary N) is 1. The van der Waals surface area contributed by atoms with E-state index in [0.717, 1.165) is 34.6 Å². The number of rotatable bonds is 5. The summed E-state index contributed by atoms with van der Waals surface area (Å²) in [5.41, 5.74) is 3.94. The molecule has 3 aromatic rings. The van der Waals surface area contributed by atoms with Crippen LogP contribution in [0, 0.1) is 0 Å². The minimum Gasteiger partial charge on any atom is -0.497 e. The quantitative estimate of drug-likeness (QED) is 0.549. The molecule has 4 rings (SSSR count). The maximum Gasteiger partial charge on any atom is 0.348 e. The van der Waals surface area contributed by atoms with Gasteiger partial charge in [0.2, 0.25) is 5.78 Å². The standard InChI is InChI=1S/C20H17NO4S/c1-24-14-6-7-15-12(9-14)4-5-13-10-18(26-19(13)15)20(23)25-11-17(22)16-3-2-8-21-16/h2-3,6-10,21H,4-5,11H2,1H3. The van der Waals surface area contributed by atoms with Gasteiger partial charge in [-0.3, -0.25) is 4.79 Å². The van der Waals surface area contributed by atoms with Crippen molar-refractivity contribution in [2.24, 2.45) is 0 Å². The average Bonchev–Trinajstić information content (AvgIpc) is 3.34. The molecular formula is C20H17NO4S. The van der Waals surface area contributed by atoms with Crippen LogP contribution in [-0.2, 0) is 17.6 Å². The van der Waals surface area contributed by atoms with Crippen molar-refractivity contribution in [1.82, 2.24) is 4.98 Å². The third-order valence-corrected chi connectivity index (χ3v) is 5.65. The number of methoxy groups -OCH3 is 1. The van der Waals surface area contributed by atoms with Gasteiger partial charge < -0.3 is 14.5 Å². The van der Waals surface area contributed by atoms with Gasteiger partial charge in [-0.1, -0.05) is 0 Å². The number of aromatic amines is 1. The molecule has 0 unspecified atom stereocenters. The second kappa shape index (κ2) is 6.80. The number of ether oxygens (including phenoxy) is 2. The van der Waals surface area contributed by atoms with Gasteiger partial charge in [0.1, 0.15) is 10.6 Å². The van der Waals surface area contributed by atoms with Crippen LogP contribution in [0.25, 0.3) is 10.4 Å². The lowest BCUT2D eigenvalue weighted by Crippen LogP contribution is -2.13. The predicted molar refractivity (Wildman–Crippen MR) is 99.1 cm³/mol. The molecule has 1 N–H and O–H groups in total. The molecule has 0 saturated heterocycles. The number of hydrogen-bond donors (Lipinski definition) is 1. The van der Waals surface area contributed by atoms with Crippen molar-refractivity contribution in [3.8, 4) is 16.2 Å². The fourth-order valence-electron chi connectivity index (χ4n) is 3.12. The second-order valence-corrected chi connectivity index (χ2v) is 7.12. The molecule has 26 heavy (non-hydrogen) atoms. The number of ketones is 1. The molecule has 0 aliphatic heterocycles. The first-order chi connectivity index (χ1) is 12.7. The number of esters is 1. The summed E-state index contributed by atoms with van der Waals surface area (Å²) in [5.74, 6) is 0.132. The normalized spacial score (nSPS) is 12.2. The summed E-state index contributed by atoms with van der Waals surface area (Å²) >= 11 is 1.41. The Bertz CT molecular complexity index is 972. The number of aromatic nitrogens is 1. The zero-order valence-electron chi connectivity index (χ0n) is 14.2. The van der Waals surface area contributed by atoms with Gasteiger partial charge in [-0.25, -0.2) is 4.79 Å². The van der Waals surface area contributed by atoms with E-state index in [4.69, 9.17) is 9.47 Å². The first kappa shape index (κ1) is 16.6. The highest BCUT2D eigenvalue weighted by atomic mass is 32.1. The average molecular weight is 367 g/mol. The van der Waals surface area contributed by atoms with E-state index in [9.17, 15) is 9.59 Å². The molecule has 0 radical (unpaired) electrons. The first-order valence-corrected chi connectivity index (χ1v) is 9.11. The highest BCUT2D eigenvalue weighted by molar-refractivity contribution is 7.17. The highest BCUT2D eigenvalue weighted by Crippen LogP contribution is 2.40. The highest BCUT2D eigenvalue weighted by Gasteiger charge is 2.23. The lowest BCUT2D eigenvalue weighted by molar-refractivity contribution is 0.0478. The van der Waals surface area contributed by atoms with Crippen LogP contribution in [-0.4, -0.2) is 30.5 Å². The predicted octanol–water partition coefficient (Wildman–Crippen LogP) is 3.89. The van der Waals surface area contributed by atoms with Crippen molar-refractivity contribution in [2.75, 3.05) is 13.7 Å². The Morgan fingerprint density at radius 1 is 1.15 bits per heavy atom. The van der Waals surface area contributed by atoms with E-state index in [1.165, 1.54) is 16.9 Å². The third-order valence-electron chi connectivity index (χ3n) is 4.46. The molecule has 0 amide bonds. The Morgan fingerprint density at radius 3 is 2.77 bits per heavy atom. The monoisotopic (exact) mass is 367 g/mol. The zero-order valence-corrected chi connectivity index (χ0v) is 15.0. The molecule has 6 heteroatoms. The fraction of sp³-hybridized carbons (Fsp3) is 0.200. The van der Waals surface area contributed by atoms with E-state index in [0.29, 0.717) is 10.6 Å². The summed E-state index contributed by atoms with van der Waals surface area (Å²) < 4.78 is 10.5. The van der Waals surface area contributed by atoms with Crippen molar-refractivity contribution in [1.29, 1.82) is 0 Å². The molecule has 5 nitrogen and oxygen atoms in total. The molecule has 0 atom stereocenters. The molecule has 0 bridgehead atoms. The van der Waals surface area contributed by atoms with Gasteiger partial charge in [0.15, 0.2) is 6.61 Å². The summed E-state index contributed by atoms with van der Waals surface area (Å²) in [5, 5.41) is 0. The van der Waals surface area contributed by atoms with Gasteiger partial charge in [0, 0.05) is 11.1 Å². The van der Waals surface area contributed by atoms with Gasteiger partial charge in [-0.15, -0.1) is 11.3 Å². The number of carbonyl (C=O) groups is 2. The zero-order chi connectivity index (χ0) is 18.1. The summed E-state index contributed by atoms with van der Waals surface area (Å²) in [6.45, 7) is -0.268. The number of Topliss-reactive ketones (excluding diaryl/α,β-unsaturated/α-hetero) is 1. The smallest absolute Gasteiger partial charge is 0.348 e. The molecule has 0 spiro atoms. The number of fused-ring (bicyclic) bond motifs is 3. The lowest BCUT2D eigenvalue weighted by atomic mass is 9.91. The lowest BCUT2D eigenvalue weighted by Gasteiger charge is -2.16. The van der Waals surface area contributed by atoms with E-state index in [1.54, 1.807) is 25.4 Å². The molecule has 1 aliphatic carbocycles. The Labute approximate surface area is 154 Å².